The van der Waals surface area contributed by atoms with E-state index in [1.54, 1.807) is 0 Å². The molecule has 0 aromatic carbocycles. The predicted octanol–water partition coefficient (Wildman–Crippen LogP) is -0.151. The Balaban J connectivity index is 1.79. The molecule has 3 atom stereocenters. The molecule has 2 fully saturated rings. The third kappa shape index (κ3) is 1.65. The molecule has 0 aromatic rings. The molecular weight excluding hydrogens is 153 g/mol. The SMILES string of the molecule is OB(O)C1CC1C1CCCNC1. The van der Waals surface area contributed by atoms with Crippen LogP contribution in [0, 0.1) is 11.8 Å². The molecule has 3 nitrogen and oxygen atoms in total. The van der Waals surface area contributed by atoms with Crippen molar-refractivity contribution < 1.29 is 10.0 Å². The van der Waals surface area contributed by atoms with Gasteiger partial charge in [-0.05, 0) is 50.0 Å². The number of nitrogens with one attached hydrogen (secondary N) is 1. The van der Waals surface area contributed by atoms with Crippen LogP contribution >= 0.6 is 0 Å². The van der Waals surface area contributed by atoms with Gasteiger partial charge in [0.2, 0.25) is 0 Å². The van der Waals surface area contributed by atoms with Crippen molar-refractivity contribution in [1.82, 2.24) is 5.32 Å². The van der Waals surface area contributed by atoms with E-state index in [1.165, 1.54) is 12.8 Å². The summed E-state index contributed by atoms with van der Waals surface area (Å²) < 4.78 is 0. The van der Waals surface area contributed by atoms with E-state index < -0.39 is 7.12 Å². The first-order valence-electron chi connectivity index (χ1n) is 4.86. The maximum absolute atomic E-state index is 8.93. The summed E-state index contributed by atoms with van der Waals surface area (Å²) in [5.41, 5.74) is 0. The van der Waals surface area contributed by atoms with Crippen molar-refractivity contribution in [1.29, 1.82) is 0 Å². The molecule has 4 heteroatoms. The topological polar surface area (TPSA) is 52.5 Å². The lowest BCUT2D eigenvalue weighted by Gasteiger charge is -2.22. The van der Waals surface area contributed by atoms with Crippen molar-refractivity contribution >= 4 is 7.12 Å². The average Bonchev–Trinajstić information content (AvgIpc) is 2.84. The minimum atomic E-state index is -1.07. The van der Waals surface area contributed by atoms with Gasteiger partial charge >= 0.3 is 7.12 Å². The van der Waals surface area contributed by atoms with E-state index in [9.17, 15) is 0 Å². The third-order valence-electron chi connectivity index (χ3n) is 3.21. The fourth-order valence-electron chi connectivity index (χ4n) is 2.36. The Hall–Kier alpha value is -0.0551. The molecule has 1 aliphatic carbocycles. The molecule has 1 heterocycles. The lowest BCUT2D eigenvalue weighted by Crippen LogP contribution is -2.31. The smallest absolute Gasteiger partial charge is 0.427 e. The lowest BCUT2D eigenvalue weighted by molar-refractivity contribution is 0.331. The molecule has 68 valence electrons. The summed E-state index contributed by atoms with van der Waals surface area (Å²) in [6.45, 7) is 2.21. The summed E-state index contributed by atoms with van der Waals surface area (Å²) in [5.74, 6) is 1.46. The average molecular weight is 169 g/mol. The standard InChI is InChI=1S/C8H16BNO2/c11-9(12)8-4-7(8)6-2-1-3-10-5-6/h6-8,10-12H,1-5H2. The van der Waals surface area contributed by atoms with Crippen molar-refractivity contribution in [2.45, 2.75) is 25.1 Å². The molecule has 1 aliphatic heterocycles. The van der Waals surface area contributed by atoms with Gasteiger partial charge in [0.05, 0.1) is 0 Å². The second kappa shape index (κ2) is 3.36. The molecule has 2 rings (SSSR count). The van der Waals surface area contributed by atoms with E-state index in [4.69, 9.17) is 10.0 Å². The van der Waals surface area contributed by atoms with E-state index in [2.05, 4.69) is 5.32 Å². The zero-order valence-corrected chi connectivity index (χ0v) is 7.24. The van der Waals surface area contributed by atoms with Crippen molar-refractivity contribution in [3.63, 3.8) is 0 Å². The van der Waals surface area contributed by atoms with Crippen molar-refractivity contribution in [2.75, 3.05) is 13.1 Å². The first kappa shape index (κ1) is 8.54. The Kier molecular flexibility index (Phi) is 2.39. The van der Waals surface area contributed by atoms with Gasteiger partial charge in [-0.1, -0.05) is 0 Å². The molecule has 0 radical (unpaired) electrons. The van der Waals surface area contributed by atoms with Gasteiger partial charge in [-0.15, -0.1) is 0 Å². The first-order chi connectivity index (χ1) is 5.79. The van der Waals surface area contributed by atoms with Gasteiger partial charge in [-0.2, -0.15) is 0 Å². The normalized spacial score (nSPS) is 41.0. The fourth-order valence-corrected chi connectivity index (χ4v) is 2.36. The van der Waals surface area contributed by atoms with Crippen LogP contribution in [0.25, 0.3) is 0 Å². The van der Waals surface area contributed by atoms with Gasteiger partial charge in [0.25, 0.3) is 0 Å². The summed E-state index contributed by atoms with van der Waals surface area (Å²) in [5, 5.41) is 21.2. The van der Waals surface area contributed by atoms with E-state index in [0.717, 1.165) is 19.5 Å². The molecule has 3 N–H and O–H groups in total. The monoisotopic (exact) mass is 169 g/mol. The van der Waals surface area contributed by atoms with Gasteiger partial charge in [0.1, 0.15) is 0 Å². The summed E-state index contributed by atoms with van der Waals surface area (Å²) in [7, 11) is -1.07. The van der Waals surface area contributed by atoms with Crippen LogP contribution in [0.5, 0.6) is 0 Å². The molecule has 12 heavy (non-hydrogen) atoms. The predicted molar refractivity (Wildman–Crippen MR) is 47.6 cm³/mol. The van der Waals surface area contributed by atoms with Crippen LogP contribution in [0.2, 0.25) is 5.82 Å². The number of rotatable bonds is 2. The Morgan fingerprint density at radius 1 is 1.33 bits per heavy atom. The number of piperidine rings is 1. The molecule has 0 amide bonds. The van der Waals surface area contributed by atoms with Gasteiger partial charge < -0.3 is 15.4 Å². The Morgan fingerprint density at radius 2 is 2.17 bits per heavy atom. The zero-order chi connectivity index (χ0) is 8.55. The summed E-state index contributed by atoms with van der Waals surface area (Å²) in [4.78, 5) is 0. The second-order valence-corrected chi connectivity index (χ2v) is 4.08. The van der Waals surface area contributed by atoms with Gasteiger partial charge in [0, 0.05) is 0 Å². The molecule has 0 bridgehead atoms. The molecule has 1 saturated heterocycles. The Morgan fingerprint density at radius 3 is 2.67 bits per heavy atom. The maximum Gasteiger partial charge on any atom is 0.455 e. The van der Waals surface area contributed by atoms with Gasteiger partial charge in [0.15, 0.2) is 0 Å². The van der Waals surface area contributed by atoms with Crippen LogP contribution in [0.3, 0.4) is 0 Å². The molecule has 3 unspecified atom stereocenters. The van der Waals surface area contributed by atoms with Crippen LogP contribution in [0.4, 0.5) is 0 Å². The van der Waals surface area contributed by atoms with Crippen LogP contribution < -0.4 is 5.32 Å². The van der Waals surface area contributed by atoms with E-state index >= 15 is 0 Å². The highest BCUT2D eigenvalue weighted by atomic mass is 16.4. The van der Waals surface area contributed by atoms with Crippen LogP contribution in [-0.2, 0) is 0 Å². The van der Waals surface area contributed by atoms with Gasteiger partial charge in [-0.25, -0.2) is 0 Å². The zero-order valence-electron chi connectivity index (χ0n) is 7.24. The van der Waals surface area contributed by atoms with Crippen molar-refractivity contribution in [3.8, 4) is 0 Å². The third-order valence-corrected chi connectivity index (χ3v) is 3.21. The second-order valence-electron chi connectivity index (χ2n) is 4.08. The number of hydrogen-bond acceptors (Lipinski definition) is 3. The Labute approximate surface area is 73.3 Å². The summed E-state index contributed by atoms with van der Waals surface area (Å²) in [6.07, 6.45) is 3.53. The summed E-state index contributed by atoms with van der Waals surface area (Å²) >= 11 is 0. The van der Waals surface area contributed by atoms with Crippen molar-refractivity contribution in [3.05, 3.63) is 0 Å². The highest BCUT2D eigenvalue weighted by Gasteiger charge is 2.49. The minimum absolute atomic E-state index is 0.176. The molecule has 0 aromatic heterocycles. The van der Waals surface area contributed by atoms with E-state index in [1.807, 2.05) is 0 Å². The molecule has 0 spiro atoms. The lowest BCUT2D eigenvalue weighted by atomic mass is 9.78. The van der Waals surface area contributed by atoms with E-state index in [0.29, 0.717) is 11.8 Å². The quantitative estimate of drug-likeness (QED) is 0.504. The fraction of sp³-hybridized carbons (Fsp3) is 1.00. The minimum Gasteiger partial charge on any atom is -0.427 e. The molecule has 1 saturated carbocycles. The molecular formula is C8H16BNO2. The van der Waals surface area contributed by atoms with Crippen LogP contribution in [0.15, 0.2) is 0 Å². The summed E-state index contributed by atoms with van der Waals surface area (Å²) in [6, 6.07) is 0. The molecule has 2 aliphatic rings. The maximum atomic E-state index is 8.93. The Bertz CT molecular complexity index is 159. The van der Waals surface area contributed by atoms with E-state index in [-0.39, 0.29) is 5.82 Å². The highest BCUT2D eigenvalue weighted by molar-refractivity contribution is 6.44. The van der Waals surface area contributed by atoms with Gasteiger partial charge in [-0.3, -0.25) is 0 Å². The highest BCUT2D eigenvalue weighted by Crippen LogP contribution is 2.52. The van der Waals surface area contributed by atoms with Crippen LogP contribution in [0.1, 0.15) is 19.3 Å². The first-order valence-corrected chi connectivity index (χ1v) is 4.86. The van der Waals surface area contributed by atoms with Crippen LogP contribution in [-0.4, -0.2) is 30.3 Å². The van der Waals surface area contributed by atoms with Crippen molar-refractivity contribution in [2.24, 2.45) is 11.8 Å². The number of hydrogen-bond donors (Lipinski definition) is 3. The largest absolute Gasteiger partial charge is 0.455 e.